The predicted octanol–water partition coefficient (Wildman–Crippen LogP) is 5.33. The third kappa shape index (κ3) is 4.19. The molecule has 1 atom stereocenters. The maximum Gasteiger partial charge on any atom is 0.272 e. The summed E-state index contributed by atoms with van der Waals surface area (Å²) in [6.07, 6.45) is 0.922. The van der Waals surface area contributed by atoms with Gasteiger partial charge in [-0.05, 0) is 47.2 Å². The molecule has 0 bridgehead atoms. The third-order valence-corrected chi connectivity index (χ3v) is 5.22. The van der Waals surface area contributed by atoms with Crippen LogP contribution in [0.5, 0.6) is 0 Å². The lowest BCUT2D eigenvalue weighted by atomic mass is 9.95. The molecule has 29 heavy (non-hydrogen) atoms. The molecule has 0 aliphatic heterocycles. The zero-order valence-corrected chi connectivity index (χ0v) is 16.2. The average molecular weight is 387 g/mol. The van der Waals surface area contributed by atoms with E-state index in [-0.39, 0.29) is 11.4 Å². The molecular formula is C24H22FN3O. The fourth-order valence-corrected chi connectivity index (χ4v) is 3.47. The van der Waals surface area contributed by atoms with Crippen molar-refractivity contribution in [2.45, 2.75) is 19.3 Å². The van der Waals surface area contributed by atoms with Crippen molar-refractivity contribution < 1.29 is 4.39 Å². The van der Waals surface area contributed by atoms with Crippen LogP contribution in [0.25, 0.3) is 21.9 Å². The molecule has 146 valence electrons. The third-order valence-electron chi connectivity index (χ3n) is 5.22. The second-order valence-electron chi connectivity index (χ2n) is 7.19. The summed E-state index contributed by atoms with van der Waals surface area (Å²) in [6.45, 7) is 2.93. The van der Waals surface area contributed by atoms with E-state index in [9.17, 15) is 9.18 Å². The maximum absolute atomic E-state index is 13.1. The first-order valence-electron chi connectivity index (χ1n) is 9.69. The molecule has 0 saturated carbocycles. The minimum atomic E-state index is -0.226. The Kier molecular flexibility index (Phi) is 5.38. The van der Waals surface area contributed by atoms with E-state index >= 15 is 0 Å². The van der Waals surface area contributed by atoms with Crippen molar-refractivity contribution in [2.24, 2.45) is 0 Å². The quantitative estimate of drug-likeness (QED) is 0.470. The fraction of sp³-hybridized carbons (Fsp3) is 0.167. The van der Waals surface area contributed by atoms with Gasteiger partial charge >= 0.3 is 0 Å². The Balaban J connectivity index is 1.40. The molecule has 0 saturated heterocycles. The van der Waals surface area contributed by atoms with E-state index in [0.717, 1.165) is 29.5 Å². The normalized spacial score (nSPS) is 12.1. The van der Waals surface area contributed by atoms with Crippen molar-refractivity contribution in [3.63, 3.8) is 0 Å². The first kappa shape index (κ1) is 18.9. The molecule has 0 spiro atoms. The van der Waals surface area contributed by atoms with Crippen LogP contribution in [0.1, 0.15) is 24.8 Å². The smallest absolute Gasteiger partial charge is 0.272 e. The highest BCUT2D eigenvalue weighted by Crippen LogP contribution is 2.25. The molecule has 5 heteroatoms. The van der Waals surface area contributed by atoms with Gasteiger partial charge in [-0.3, -0.25) is 4.79 Å². The van der Waals surface area contributed by atoms with Crippen LogP contribution in [-0.2, 0) is 0 Å². The van der Waals surface area contributed by atoms with Crippen molar-refractivity contribution in [2.75, 3.05) is 11.9 Å². The monoisotopic (exact) mass is 387 g/mol. The van der Waals surface area contributed by atoms with Gasteiger partial charge in [0.15, 0.2) is 5.82 Å². The largest absolute Gasteiger partial charge is 0.368 e. The second-order valence-corrected chi connectivity index (χ2v) is 7.19. The van der Waals surface area contributed by atoms with Crippen molar-refractivity contribution in [3.05, 3.63) is 94.5 Å². The molecule has 4 rings (SSSR count). The first-order valence-corrected chi connectivity index (χ1v) is 9.69. The predicted molar refractivity (Wildman–Crippen MR) is 116 cm³/mol. The number of fused-ring (bicyclic) bond motifs is 1. The van der Waals surface area contributed by atoms with E-state index in [1.165, 1.54) is 17.7 Å². The number of benzene rings is 3. The van der Waals surface area contributed by atoms with E-state index in [1.54, 1.807) is 18.2 Å². The molecular weight excluding hydrogens is 365 g/mol. The van der Waals surface area contributed by atoms with Crippen molar-refractivity contribution in [3.8, 4) is 11.1 Å². The van der Waals surface area contributed by atoms with E-state index in [0.29, 0.717) is 17.1 Å². The zero-order chi connectivity index (χ0) is 20.2. The highest BCUT2D eigenvalue weighted by atomic mass is 19.1. The molecule has 1 aromatic heterocycles. The summed E-state index contributed by atoms with van der Waals surface area (Å²) in [5.74, 6) is 0.828. The summed E-state index contributed by atoms with van der Waals surface area (Å²) in [5.41, 5.74) is 3.14. The number of aromatic nitrogens is 2. The van der Waals surface area contributed by atoms with Gasteiger partial charge in [0, 0.05) is 11.9 Å². The number of rotatable bonds is 6. The zero-order valence-electron chi connectivity index (χ0n) is 16.2. The summed E-state index contributed by atoms with van der Waals surface area (Å²) in [7, 11) is 0. The van der Waals surface area contributed by atoms with E-state index < -0.39 is 0 Å². The molecule has 0 radical (unpaired) electrons. The van der Waals surface area contributed by atoms with Gasteiger partial charge in [-0.15, -0.1) is 0 Å². The van der Waals surface area contributed by atoms with Crippen LogP contribution < -0.4 is 10.9 Å². The van der Waals surface area contributed by atoms with Crippen molar-refractivity contribution in [1.29, 1.82) is 0 Å². The SMILES string of the molecule is CC(CCNc1n[nH]c(=O)c2ccccc12)c1ccc(-c2ccc(F)cc2)cc1. The van der Waals surface area contributed by atoms with E-state index in [1.807, 2.05) is 18.2 Å². The van der Waals surface area contributed by atoms with Crippen LogP contribution >= 0.6 is 0 Å². The lowest BCUT2D eigenvalue weighted by Crippen LogP contribution is -2.13. The lowest BCUT2D eigenvalue weighted by molar-refractivity contribution is 0.628. The number of hydrogen-bond donors (Lipinski definition) is 2. The Bertz CT molecular complexity index is 1170. The number of hydrogen-bond acceptors (Lipinski definition) is 3. The Labute approximate surface area is 168 Å². The highest BCUT2D eigenvalue weighted by molar-refractivity contribution is 5.90. The Morgan fingerprint density at radius 3 is 2.24 bits per heavy atom. The number of H-pyrrole nitrogens is 1. The molecule has 4 nitrogen and oxygen atoms in total. The first-order chi connectivity index (χ1) is 14.1. The molecule has 4 aromatic rings. The summed E-state index contributed by atoms with van der Waals surface area (Å²) in [5, 5.41) is 11.5. The molecule has 3 aromatic carbocycles. The van der Waals surface area contributed by atoms with Gasteiger partial charge in [-0.1, -0.05) is 61.5 Å². The highest BCUT2D eigenvalue weighted by Gasteiger charge is 2.09. The van der Waals surface area contributed by atoms with Crippen LogP contribution in [0.4, 0.5) is 10.2 Å². The van der Waals surface area contributed by atoms with E-state index in [2.05, 4.69) is 46.7 Å². The molecule has 1 unspecified atom stereocenters. The lowest BCUT2D eigenvalue weighted by Gasteiger charge is -2.14. The van der Waals surface area contributed by atoms with Crippen LogP contribution in [0, 0.1) is 5.82 Å². The maximum atomic E-state index is 13.1. The number of anilines is 1. The Morgan fingerprint density at radius 2 is 1.55 bits per heavy atom. The van der Waals surface area contributed by atoms with Crippen LogP contribution in [0.2, 0.25) is 0 Å². The average Bonchev–Trinajstić information content (AvgIpc) is 2.76. The number of nitrogens with one attached hydrogen (secondary N) is 2. The molecule has 0 aliphatic rings. The summed E-state index contributed by atoms with van der Waals surface area (Å²) in [6, 6.07) is 22.4. The van der Waals surface area contributed by atoms with Gasteiger partial charge < -0.3 is 5.32 Å². The molecule has 0 aliphatic carbocycles. The van der Waals surface area contributed by atoms with Gasteiger partial charge in [0.2, 0.25) is 0 Å². The van der Waals surface area contributed by atoms with Crippen molar-refractivity contribution in [1.82, 2.24) is 10.2 Å². The Morgan fingerprint density at radius 1 is 0.931 bits per heavy atom. The summed E-state index contributed by atoms with van der Waals surface area (Å²) in [4.78, 5) is 11.9. The molecule has 0 fully saturated rings. The standard InChI is InChI=1S/C24H22FN3O/c1-16(17-6-8-18(9-7-17)19-10-12-20(25)13-11-19)14-15-26-23-21-4-2-3-5-22(21)24(29)28-27-23/h2-13,16H,14-15H2,1H3,(H,26,27)(H,28,29). The molecule has 0 amide bonds. The summed E-state index contributed by atoms with van der Waals surface area (Å²) < 4.78 is 13.1. The van der Waals surface area contributed by atoms with E-state index in [4.69, 9.17) is 0 Å². The van der Waals surface area contributed by atoms with Crippen LogP contribution in [-0.4, -0.2) is 16.7 Å². The summed E-state index contributed by atoms with van der Waals surface area (Å²) >= 11 is 0. The van der Waals surface area contributed by atoms with Gasteiger partial charge in [0.1, 0.15) is 5.82 Å². The number of halogens is 1. The molecule has 1 heterocycles. The molecule has 2 N–H and O–H groups in total. The number of aromatic amines is 1. The minimum Gasteiger partial charge on any atom is -0.368 e. The van der Waals surface area contributed by atoms with Gasteiger partial charge in [-0.25, -0.2) is 9.49 Å². The second kappa shape index (κ2) is 8.27. The van der Waals surface area contributed by atoms with Gasteiger partial charge in [0.05, 0.1) is 5.39 Å². The topological polar surface area (TPSA) is 57.8 Å². The fourth-order valence-electron chi connectivity index (χ4n) is 3.47. The minimum absolute atomic E-state index is 0.180. The van der Waals surface area contributed by atoms with Crippen LogP contribution in [0.15, 0.2) is 77.6 Å². The van der Waals surface area contributed by atoms with Gasteiger partial charge in [-0.2, -0.15) is 5.10 Å². The van der Waals surface area contributed by atoms with Crippen molar-refractivity contribution >= 4 is 16.6 Å². The van der Waals surface area contributed by atoms with Crippen LogP contribution in [0.3, 0.4) is 0 Å². The Hall–Kier alpha value is -3.47. The van der Waals surface area contributed by atoms with Gasteiger partial charge in [0.25, 0.3) is 5.56 Å². The number of nitrogens with zero attached hydrogens (tertiary/aromatic N) is 1.